The normalized spacial score (nSPS) is 11.7. The highest BCUT2D eigenvalue weighted by molar-refractivity contribution is 5.43. The first-order valence-electron chi connectivity index (χ1n) is 8.12. The maximum Gasteiger partial charge on any atom is 0.0994 e. The molecule has 0 bridgehead atoms. The summed E-state index contributed by atoms with van der Waals surface area (Å²) in [6.07, 6.45) is 1.85. The van der Waals surface area contributed by atoms with Crippen LogP contribution in [0.25, 0.3) is 0 Å². The standard InChI is InChI=1S/C21H22N2/c1-4-17(18-7-5-16(13-22)6-8-18)11-20-10-9-19(15(2)3)12-21(20)14-23/h5-10,12,15,17H,4,11H2,1-3H3. The van der Waals surface area contributed by atoms with Crippen LogP contribution in [0.3, 0.4) is 0 Å². The third-order valence-electron chi connectivity index (χ3n) is 4.39. The third kappa shape index (κ3) is 3.99. The highest BCUT2D eigenvalue weighted by Crippen LogP contribution is 2.27. The fourth-order valence-corrected chi connectivity index (χ4v) is 2.83. The van der Waals surface area contributed by atoms with Crippen LogP contribution in [0, 0.1) is 22.7 Å². The van der Waals surface area contributed by atoms with Gasteiger partial charge in [-0.05, 0) is 59.6 Å². The lowest BCUT2D eigenvalue weighted by Gasteiger charge is -2.17. The van der Waals surface area contributed by atoms with E-state index in [2.05, 4.69) is 45.0 Å². The highest BCUT2D eigenvalue weighted by Gasteiger charge is 2.14. The maximum atomic E-state index is 9.46. The highest BCUT2D eigenvalue weighted by atomic mass is 14.3. The van der Waals surface area contributed by atoms with E-state index in [-0.39, 0.29) is 0 Å². The average molecular weight is 302 g/mol. The third-order valence-corrected chi connectivity index (χ3v) is 4.39. The Kier molecular flexibility index (Phi) is 5.56. The molecule has 2 rings (SSSR count). The van der Waals surface area contributed by atoms with Gasteiger partial charge in [0.05, 0.1) is 23.3 Å². The van der Waals surface area contributed by atoms with Crippen LogP contribution in [-0.4, -0.2) is 0 Å². The second-order valence-corrected chi connectivity index (χ2v) is 6.23. The maximum absolute atomic E-state index is 9.46. The van der Waals surface area contributed by atoms with Crippen LogP contribution in [0.5, 0.6) is 0 Å². The van der Waals surface area contributed by atoms with Crippen LogP contribution in [0.15, 0.2) is 42.5 Å². The Morgan fingerprint density at radius 3 is 2.09 bits per heavy atom. The minimum absolute atomic E-state index is 0.361. The summed E-state index contributed by atoms with van der Waals surface area (Å²) in [5.41, 5.74) is 5.00. The second-order valence-electron chi connectivity index (χ2n) is 6.23. The Hall–Kier alpha value is -2.58. The van der Waals surface area contributed by atoms with Crippen molar-refractivity contribution in [3.05, 3.63) is 70.3 Å². The zero-order valence-electron chi connectivity index (χ0n) is 14.0. The molecule has 116 valence electrons. The van der Waals surface area contributed by atoms with E-state index in [4.69, 9.17) is 5.26 Å². The second kappa shape index (κ2) is 7.61. The molecule has 0 saturated heterocycles. The topological polar surface area (TPSA) is 47.6 Å². The van der Waals surface area contributed by atoms with Gasteiger partial charge in [-0.25, -0.2) is 0 Å². The smallest absolute Gasteiger partial charge is 0.0994 e. The summed E-state index contributed by atoms with van der Waals surface area (Å²) >= 11 is 0. The minimum atomic E-state index is 0.361. The van der Waals surface area contributed by atoms with Crippen molar-refractivity contribution in [2.24, 2.45) is 0 Å². The van der Waals surface area contributed by atoms with Crippen LogP contribution >= 0.6 is 0 Å². The van der Waals surface area contributed by atoms with Crippen LogP contribution in [0.1, 0.15) is 66.8 Å². The molecule has 0 N–H and O–H groups in total. The van der Waals surface area contributed by atoms with E-state index < -0.39 is 0 Å². The predicted molar refractivity (Wildman–Crippen MR) is 93.1 cm³/mol. The molecule has 0 heterocycles. The largest absolute Gasteiger partial charge is 0.192 e. The Labute approximate surface area is 139 Å². The lowest BCUT2D eigenvalue weighted by molar-refractivity contribution is 0.659. The number of benzene rings is 2. The van der Waals surface area contributed by atoms with E-state index in [1.54, 1.807) is 0 Å². The molecule has 1 unspecified atom stereocenters. The van der Waals surface area contributed by atoms with Crippen molar-refractivity contribution in [3.8, 4) is 12.1 Å². The Balaban J connectivity index is 2.28. The summed E-state index contributed by atoms with van der Waals surface area (Å²) < 4.78 is 0. The molecule has 0 saturated carbocycles. The number of hydrogen-bond donors (Lipinski definition) is 0. The van der Waals surface area contributed by atoms with E-state index in [0.717, 1.165) is 24.0 Å². The van der Waals surface area contributed by atoms with Gasteiger partial charge in [0.2, 0.25) is 0 Å². The Morgan fingerprint density at radius 1 is 0.913 bits per heavy atom. The van der Waals surface area contributed by atoms with Crippen molar-refractivity contribution in [1.29, 1.82) is 10.5 Å². The first-order chi connectivity index (χ1) is 11.1. The molecule has 0 aliphatic carbocycles. The summed E-state index contributed by atoms with van der Waals surface area (Å²) in [7, 11) is 0. The number of hydrogen-bond acceptors (Lipinski definition) is 2. The first kappa shape index (κ1) is 16.8. The van der Waals surface area contributed by atoms with Crippen LogP contribution in [-0.2, 0) is 6.42 Å². The molecular formula is C21H22N2. The SMILES string of the molecule is CCC(Cc1ccc(C(C)C)cc1C#N)c1ccc(C#N)cc1. The zero-order chi connectivity index (χ0) is 16.8. The monoisotopic (exact) mass is 302 g/mol. The van der Waals surface area contributed by atoms with Gasteiger partial charge in [0.25, 0.3) is 0 Å². The van der Waals surface area contributed by atoms with Gasteiger partial charge in [-0.3, -0.25) is 0 Å². The van der Waals surface area contributed by atoms with E-state index in [0.29, 0.717) is 17.4 Å². The van der Waals surface area contributed by atoms with E-state index in [1.807, 2.05) is 30.3 Å². The van der Waals surface area contributed by atoms with E-state index in [1.165, 1.54) is 11.1 Å². The number of rotatable bonds is 5. The van der Waals surface area contributed by atoms with Gasteiger partial charge >= 0.3 is 0 Å². The molecule has 2 aromatic carbocycles. The molecule has 0 fully saturated rings. The summed E-state index contributed by atoms with van der Waals surface area (Å²) in [4.78, 5) is 0. The first-order valence-corrected chi connectivity index (χ1v) is 8.12. The van der Waals surface area contributed by atoms with Crippen molar-refractivity contribution in [2.75, 3.05) is 0 Å². The van der Waals surface area contributed by atoms with Crippen molar-refractivity contribution in [1.82, 2.24) is 0 Å². The molecule has 2 heteroatoms. The fourth-order valence-electron chi connectivity index (χ4n) is 2.83. The van der Waals surface area contributed by atoms with Crippen LogP contribution in [0.4, 0.5) is 0 Å². The fraction of sp³-hybridized carbons (Fsp3) is 0.333. The van der Waals surface area contributed by atoms with Gasteiger partial charge in [-0.1, -0.05) is 45.0 Å². The molecule has 2 nitrogen and oxygen atoms in total. The number of nitriles is 2. The molecule has 23 heavy (non-hydrogen) atoms. The molecular weight excluding hydrogens is 280 g/mol. The molecule has 2 aromatic rings. The predicted octanol–water partition coefficient (Wildman–Crippen LogP) is 5.29. The summed E-state index contributed by atoms with van der Waals surface area (Å²) in [6.45, 7) is 6.45. The van der Waals surface area contributed by atoms with Crippen LogP contribution < -0.4 is 0 Å². The van der Waals surface area contributed by atoms with E-state index >= 15 is 0 Å². The summed E-state index contributed by atoms with van der Waals surface area (Å²) in [5, 5.41) is 18.4. The van der Waals surface area contributed by atoms with Gasteiger partial charge in [0.1, 0.15) is 0 Å². The van der Waals surface area contributed by atoms with Crippen LogP contribution in [0.2, 0.25) is 0 Å². The van der Waals surface area contributed by atoms with Gasteiger partial charge in [-0.15, -0.1) is 0 Å². The van der Waals surface area contributed by atoms with E-state index in [9.17, 15) is 5.26 Å². The van der Waals surface area contributed by atoms with Gasteiger partial charge in [-0.2, -0.15) is 10.5 Å². The Morgan fingerprint density at radius 2 is 1.57 bits per heavy atom. The summed E-state index contributed by atoms with van der Waals surface area (Å²) in [5.74, 6) is 0.788. The molecule has 0 amide bonds. The van der Waals surface area contributed by atoms with Gasteiger partial charge in [0, 0.05) is 0 Å². The van der Waals surface area contributed by atoms with Crippen molar-refractivity contribution in [3.63, 3.8) is 0 Å². The van der Waals surface area contributed by atoms with Crippen molar-refractivity contribution < 1.29 is 0 Å². The minimum Gasteiger partial charge on any atom is -0.192 e. The molecule has 0 radical (unpaired) electrons. The average Bonchev–Trinajstić information content (AvgIpc) is 2.59. The zero-order valence-corrected chi connectivity index (χ0v) is 14.0. The lowest BCUT2D eigenvalue weighted by Crippen LogP contribution is -2.04. The van der Waals surface area contributed by atoms with Crippen molar-refractivity contribution >= 4 is 0 Å². The molecule has 0 aliphatic rings. The number of nitrogens with zero attached hydrogens (tertiary/aromatic N) is 2. The molecule has 0 aliphatic heterocycles. The lowest BCUT2D eigenvalue weighted by atomic mass is 9.87. The molecule has 0 spiro atoms. The molecule has 1 atom stereocenters. The molecule has 0 aromatic heterocycles. The van der Waals surface area contributed by atoms with Crippen molar-refractivity contribution in [2.45, 2.75) is 45.4 Å². The van der Waals surface area contributed by atoms with Gasteiger partial charge < -0.3 is 0 Å². The van der Waals surface area contributed by atoms with Gasteiger partial charge in [0.15, 0.2) is 0 Å². The quantitative estimate of drug-likeness (QED) is 0.753. The summed E-state index contributed by atoms with van der Waals surface area (Å²) in [6, 6.07) is 18.5. The Bertz CT molecular complexity index is 743.